The van der Waals surface area contributed by atoms with Crippen LogP contribution in [0.2, 0.25) is 0 Å². The summed E-state index contributed by atoms with van der Waals surface area (Å²) in [5.74, 6) is 0.281. The van der Waals surface area contributed by atoms with Crippen LogP contribution in [0.3, 0.4) is 0 Å². The number of carbonyl (C=O) groups excluding carboxylic acids is 2. The monoisotopic (exact) mass is 391 g/mol. The van der Waals surface area contributed by atoms with E-state index in [1.807, 2.05) is 35.2 Å². The molecule has 1 atom stereocenters. The SMILES string of the molecule is COc1ccc(N2C(=O)C[C@@H](N3CC[N+](C#N)(c4ccccc4)CC3)C2=O)cc1. The number of hydrogen-bond acceptors (Lipinski definition) is 5. The van der Waals surface area contributed by atoms with E-state index in [2.05, 4.69) is 6.19 Å². The van der Waals surface area contributed by atoms with E-state index in [9.17, 15) is 14.9 Å². The van der Waals surface area contributed by atoms with Crippen LogP contribution in [0.1, 0.15) is 6.42 Å². The van der Waals surface area contributed by atoms with Crippen molar-refractivity contribution in [2.45, 2.75) is 12.5 Å². The molecule has 2 aromatic carbocycles. The zero-order valence-electron chi connectivity index (χ0n) is 16.3. The van der Waals surface area contributed by atoms with E-state index in [1.54, 1.807) is 31.4 Å². The summed E-state index contributed by atoms with van der Waals surface area (Å²) in [5.41, 5.74) is 1.52. The fraction of sp³-hybridized carbons (Fsp3) is 0.318. The van der Waals surface area contributed by atoms with Crippen molar-refractivity contribution in [1.29, 1.82) is 5.26 Å². The van der Waals surface area contributed by atoms with Gasteiger partial charge in [-0.3, -0.25) is 14.5 Å². The Morgan fingerprint density at radius 3 is 2.28 bits per heavy atom. The predicted molar refractivity (Wildman–Crippen MR) is 109 cm³/mol. The maximum atomic E-state index is 13.0. The van der Waals surface area contributed by atoms with Gasteiger partial charge in [0.15, 0.2) is 0 Å². The van der Waals surface area contributed by atoms with Gasteiger partial charge in [-0.2, -0.15) is 4.48 Å². The highest BCUT2D eigenvalue weighted by Crippen LogP contribution is 2.30. The van der Waals surface area contributed by atoms with Gasteiger partial charge in [-0.25, -0.2) is 4.90 Å². The van der Waals surface area contributed by atoms with E-state index in [0.717, 1.165) is 5.69 Å². The number of benzene rings is 2. The molecule has 7 heteroatoms. The summed E-state index contributed by atoms with van der Waals surface area (Å²) < 4.78 is 5.37. The zero-order valence-corrected chi connectivity index (χ0v) is 16.3. The number of methoxy groups -OCH3 is 1. The van der Waals surface area contributed by atoms with E-state index >= 15 is 0 Å². The quantitative estimate of drug-likeness (QED) is 0.454. The Morgan fingerprint density at radius 2 is 1.69 bits per heavy atom. The Morgan fingerprint density at radius 1 is 1.03 bits per heavy atom. The molecule has 148 valence electrons. The van der Waals surface area contributed by atoms with E-state index < -0.39 is 6.04 Å². The number of quaternary nitrogens is 1. The van der Waals surface area contributed by atoms with Gasteiger partial charge >= 0.3 is 6.19 Å². The van der Waals surface area contributed by atoms with Gasteiger partial charge in [-0.1, -0.05) is 18.2 Å². The number of para-hydroxylation sites is 1. The van der Waals surface area contributed by atoms with Gasteiger partial charge in [0, 0.05) is 12.1 Å². The largest absolute Gasteiger partial charge is 0.497 e. The van der Waals surface area contributed by atoms with Crippen molar-refractivity contribution < 1.29 is 14.3 Å². The molecule has 0 aliphatic carbocycles. The van der Waals surface area contributed by atoms with Crippen molar-refractivity contribution in [3.05, 3.63) is 54.6 Å². The minimum atomic E-state index is -0.471. The Kier molecular flexibility index (Phi) is 5.05. The number of rotatable bonds is 4. The Balaban J connectivity index is 1.48. The minimum Gasteiger partial charge on any atom is -0.497 e. The van der Waals surface area contributed by atoms with E-state index in [0.29, 0.717) is 37.6 Å². The van der Waals surface area contributed by atoms with Crippen LogP contribution in [0.4, 0.5) is 11.4 Å². The number of hydrogen-bond donors (Lipinski definition) is 0. The first-order valence-corrected chi connectivity index (χ1v) is 9.67. The number of anilines is 1. The molecule has 0 aromatic heterocycles. The molecule has 2 amide bonds. The second-order valence-corrected chi connectivity index (χ2v) is 7.37. The van der Waals surface area contributed by atoms with Crippen molar-refractivity contribution in [2.75, 3.05) is 38.2 Å². The highest BCUT2D eigenvalue weighted by atomic mass is 16.5. The first kappa shape index (κ1) is 19.1. The average Bonchev–Trinajstić information content (AvgIpc) is 3.08. The number of nitrogens with zero attached hydrogens (tertiary/aromatic N) is 4. The molecule has 2 aromatic rings. The second kappa shape index (κ2) is 7.66. The zero-order chi connectivity index (χ0) is 20.4. The normalized spacial score (nSPS) is 21.8. The van der Waals surface area contributed by atoms with Crippen LogP contribution in [-0.2, 0) is 9.59 Å². The van der Waals surface area contributed by atoms with Gasteiger partial charge in [0.25, 0.3) is 5.91 Å². The van der Waals surface area contributed by atoms with Crippen molar-refractivity contribution >= 4 is 23.2 Å². The highest BCUT2D eigenvalue weighted by Gasteiger charge is 2.46. The Bertz CT molecular complexity index is 944. The fourth-order valence-corrected chi connectivity index (χ4v) is 4.17. The maximum Gasteiger partial charge on any atom is 0.314 e. The summed E-state index contributed by atoms with van der Waals surface area (Å²) >= 11 is 0. The average molecular weight is 391 g/mol. The first-order valence-electron chi connectivity index (χ1n) is 9.67. The van der Waals surface area contributed by atoms with Crippen molar-refractivity contribution in [1.82, 2.24) is 9.38 Å². The molecular weight excluding hydrogens is 368 g/mol. The standard InChI is InChI=1S/C22H23N4O3/c1-29-19-9-7-17(8-10-19)25-21(27)15-20(22(25)28)24-11-13-26(16-23,14-12-24)18-5-3-2-4-6-18/h2-10,20H,11-15H2,1H3/q+1/t20-/m1/s1. The van der Waals surface area contributed by atoms with Crippen molar-refractivity contribution in [3.63, 3.8) is 0 Å². The molecule has 2 saturated heterocycles. The van der Waals surface area contributed by atoms with E-state index in [1.165, 1.54) is 4.90 Å². The topological polar surface area (TPSA) is 73.6 Å². The lowest BCUT2D eigenvalue weighted by atomic mass is 10.1. The molecule has 2 aliphatic heterocycles. The van der Waals surface area contributed by atoms with Gasteiger partial charge in [0.2, 0.25) is 5.91 Å². The molecule has 2 heterocycles. The van der Waals surface area contributed by atoms with E-state index in [4.69, 9.17) is 4.74 Å². The van der Waals surface area contributed by atoms with Crippen molar-refractivity contribution in [3.8, 4) is 11.9 Å². The number of amides is 2. The molecule has 2 aliphatic rings. The van der Waals surface area contributed by atoms with Crippen LogP contribution in [0.15, 0.2) is 54.6 Å². The molecule has 7 nitrogen and oxygen atoms in total. The second-order valence-electron chi connectivity index (χ2n) is 7.37. The van der Waals surface area contributed by atoms with Gasteiger partial charge in [0.05, 0.1) is 38.3 Å². The molecular formula is C22H23N4O3+. The summed E-state index contributed by atoms with van der Waals surface area (Å²) in [6.07, 6.45) is 2.62. The third kappa shape index (κ3) is 3.37. The molecule has 0 unspecified atom stereocenters. The lowest BCUT2D eigenvalue weighted by Gasteiger charge is -2.39. The lowest BCUT2D eigenvalue weighted by Crippen LogP contribution is -2.60. The number of piperazine rings is 1. The van der Waals surface area contributed by atoms with Gasteiger partial charge in [0.1, 0.15) is 24.5 Å². The van der Waals surface area contributed by atoms with Crippen LogP contribution in [-0.4, -0.2) is 56.0 Å². The molecule has 2 fully saturated rings. The summed E-state index contributed by atoms with van der Waals surface area (Å²) in [6, 6.07) is 16.2. The number of ether oxygens (including phenoxy) is 1. The molecule has 0 saturated carbocycles. The van der Waals surface area contributed by atoms with Gasteiger partial charge < -0.3 is 4.74 Å². The molecule has 29 heavy (non-hydrogen) atoms. The highest BCUT2D eigenvalue weighted by molar-refractivity contribution is 6.22. The van der Waals surface area contributed by atoms with Crippen LogP contribution >= 0.6 is 0 Å². The number of imide groups is 1. The van der Waals surface area contributed by atoms with Crippen molar-refractivity contribution in [2.24, 2.45) is 0 Å². The van der Waals surface area contributed by atoms with Crippen LogP contribution in [0, 0.1) is 11.5 Å². The van der Waals surface area contributed by atoms with Crippen LogP contribution < -0.4 is 14.1 Å². The number of nitriles is 1. The summed E-state index contributed by atoms with van der Waals surface area (Å²) in [5, 5.41) is 9.84. The predicted octanol–water partition coefficient (Wildman–Crippen LogP) is 2.13. The molecule has 0 spiro atoms. The molecule has 0 bridgehead atoms. The number of carbonyl (C=O) groups is 2. The van der Waals surface area contributed by atoms with Gasteiger partial charge in [-0.15, -0.1) is 5.26 Å². The van der Waals surface area contributed by atoms with Crippen LogP contribution in [0.5, 0.6) is 5.75 Å². The third-order valence-electron chi connectivity index (χ3n) is 5.87. The van der Waals surface area contributed by atoms with E-state index in [-0.39, 0.29) is 22.7 Å². The molecule has 0 N–H and O–H groups in total. The van der Waals surface area contributed by atoms with Gasteiger partial charge in [-0.05, 0) is 24.3 Å². The molecule has 4 rings (SSSR count). The smallest absolute Gasteiger partial charge is 0.314 e. The lowest BCUT2D eigenvalue weighted by molar-refractivity contribution is -0.123. The summed E-state index contributed by atoms with van der Waals surface area (Å²) in [4.78, 5) is 28.9. The Hall–Kier alpha value is -3.21. The summed E-state index contributed by atoms with van der Waals surface area (Å²) in [6.45, 7) is 2.34. The maximum absolute atomic E-state index is 13.0. The molecule has 0 radical (unpaired) electrons. The Labute approximate surface area is 169 Å². The minimum absolute atomic E-state index is 0.169. The summed E-state index contributed by atoms with van der Waals surface area (Å²) in [7, 11) is 1.57. The van der Waals surface area contributed by atoms with Crippen LogP contribution in [0.25, 0.3) is 0 Å². The fourth-order valence-electron chi connectivity index (χ4n) is 4.17. The first-order chi connectivity index (χ1) is 14.1. The third-order valence-corrected chi connectivity index (χ3v) is 5.87.